The van der Waals surface area contributed by atoms with Crippen molar-refractivity contribution in [2.75, 3.05) is 31.6 Å². The number of benzene rings is 1. The van der Waals surface area contributed by atoms with Gasteiger partial charge in [-0.15, -0.1) is 0 Å². The molecule has 0 bridgehead atoms. The molecule has 94 valence electrons. The molecule has 3 heteroatoms. The summed E-state index contributed by atoms with van der Waals surface area (Å²) in [4.78, 5) is 2.50. The fraction of sp³-hybridized carbons (Fsp3) is 0.571. The molecule has 1 saturated heterocycles. The maximum atomic E-state index is 6.10. The lowest BCUT2D eigenvalue weighted by molar-refractivity contribution is 0.576. The van der Waals surface area contributed by atoms with Gasteiger partial charge in [0.2, 0.25) is 0 Å². The van der Waals surface area contributed by atoms with E-state index in [0.29, 0.717) is 0 Å². The maximum absolute atomic E-state index is 6.10. The summed E-state index contributed by atoms with van der Waals surface area (Å²) >= 11 is 6.10. The number of nitrogens with zero attached hydrogens (tertiary/aromatic N) is 1. The van der Waals surface area contributed by atoms with Crippen LogP contribution in [0.2, 0.25) is 5.02 Å². The fourth-order valence-electron chi connectivity index (χ4n) is 2.46. The van der Waals surface area contributed by atoms with Crippen LogP contribution in [-0.4, -0.2) is 26.7 Å². The molecule has 0 atom stereocenters. The van der Waals surface area contributed by atoms with E-state index in [4.69, 9.17) is 11.6 Å². The van der Waals surface area contributed by atoms with Crippen LogP contribution in [0.15, 0.2) is 18.2 Å². The smallest absolute Gasteiger partial charge is 0.0410 e. The largest absolute Gasteiger partial charge is 0.371 e. The lowest BCUT2D eigenvalue weighted by Crippen LogP contribution is -2.30. The highest BCUT2D eigenvalue weighted by molar-refractivity contribution is 6.30. The van der Waals surface area contributed by atoms with Crippen LogP contribution >= 0.6 is 11.6 Å². The summed E-state index contributed by atoms with van der Waals surface area (Å²) in [6.45, 7) is 3.38. The van der Waals surface area contributed by atoms with Crippen molar-refractivity contribution in [2.24, 2.45) is 0 Å². The molecular formula is C14H21ClN2. The second kappa shape index (κ2) is 6.27. The molecule has 1 N–H and O–H groups in total. The summed E-state index contributed by atoms with van der Waals surface area (Å²) < 4.78 is 0. The van der Waals surface area contributed by atoms with Crippen LogP contribution in [0.5, 0.6) is 0 Å². The van der Waals surface area contributed by atoms with Crippen LogP contribution in [0.1, 0.15) is 24.8 Å². The Hall–Kier alpha value is -0.730. The Morgan fingerprint density at radius 1 is 1.24 bits per heavy atom. The maximum Gasteiger partial charge on any atom is 0.0410 e. The van der Waals surface area contributed by atoms with Crippen LogP contribution in [-0.2, 0) is 6.42 Å². The number of hydrogen-bond donors (Lipinski definition) is 1. The average molecular weight is 253 g/mol. The van der Waals surface area contributed by atoms with Gasteiger partial charge in [-0.3, -0.25) is 0 Å². The molecule has 0 spiro atoms. The molecule has 0 amide bonds. The lowest BCUT2D eigenvalue weighted by Gasteiger charge is -2.30. The monoisotopic (exact) mass is 252 g/mol. The zero-order valence-electron chi connectivity index (χ0n) is 10.5. The van der Waals surface area contributed by atoms with Crippen molar-refractivity contribution in [3.63, 3.8) is 0 Å². The van der Waals surface area contributed by atoms with Gasteiger partial charge in [0.15, 0.2) is 0 Å². The van der Waals surface area contributed by atoms with Gasteiger partial charge in [-0.25, -0.2) is 0 Å². The lowest BCUT2D eigenvalue weighted by atomic mass is 10.1. The summed E-state index contributed by atoms with van der Waals surface area (Å²) in [7, 11) is 1.99. The van der Waals surface area contributed by atoms with Crippen molar-refractivity contribution < 1.29 is 0 Å². The van der Waals surface area contributed by atoms with Crippen molar-refractivity contribution in [1.29, 1.82) is 0 Å². The quantitative estimate of drug-likeness (QED) is 0.886. The molecule has 1 aromatic carbocycles. The van der Waals surface area contributed by atoms with Gasteiger partial charge in [0.1, 0.15) is 0 Å². The molecule has 0 aliphatic carbocycles. The zero-order chi connectivity index (χ0) is 12.1. The molecule has 17 heavy (non-hydrogen) atoms. The normalized spacial score (nSPS) is 16.2. The molecule has 0 aromatic heterocycles. The summed E-state index contributed by atoms with van der Waals surface area (Å²) in [5, 5.41) is 4.05. The van der Waals surface area contributed by atoms with E-state index >= 15 is 0 Å². The van der Waals surface area contributed by atoms with E-state index in [0.717, 1.165) is 18.0 Å². The van der Waals surface area contributed by atoms with E-state index in [9.17, 15) is 0 Å². The first-order valence-corrected chi connectivity index (χ1v) is 6.87. The second-order valence-electron chi connectivity index (χ2n) is 4.67. The predicted molar refractivity (Wildman–Crippen MR) is 75.1 cm³/mol. The van der Waals surface area contributed by atoms with Gasteiger partial charge >= 0.3 is 0 Å². The molecular weight excluding hydrogens is 232 g/mol. The van der Waals surface area contributed by atoms with Gasteiger partial charge in [-0.2, -0.15) is 0 Å². The first-order valence-electron chi connectivity index (χ1n) is 6.49. The Labute approximate surface area is 109 Å². The third kappa shape index (κ3) is 3.36. The first kappa shape index (κ1) is 12.7. The highest BCUT2D eigenvalue weighted by Gasteiger charge is 2.14. The van der Waals surface area contributed by atoms with E-state index in [1.165, 1.54) is 43.6 Å². The number of halogens is 1. The summed E-state index contributed by atoms with van der Waals surface area (Å²) in [6, 6.07) is 6.30. The average Bonchev–Trinajstić information content (AvgIpc) is 2.37. The van der Waals surface area contributed by atoms with E-state index in [1.807, 2.05) is 13.1 Å². The van der Waals surface area contributed by atoms with Gasteiger partial charge in [-0.1, -0.05) is 11.6 Å². The Bertz CT molecular complexity index is 359. The Balaban J connectivity index is 2.18. The van der Waals surface area contributed by atoms with Crippen LogP contribution in [0.25, 0.3) is 0 Å². The standard InChI is InChI=1S/C14H21ClN2/c1-16-8-7-12-11-13(15)5-6-14(12)17-9-3-2-4-10-17/h5-6,11,16H,2-4,7-10H2,1H3. The van der Waals surface area contributed by atoms with Gasteiger partial charge < -0.3 is 10.2 Å². The molecule has 1 aliphatic heterocycles. The number of hydrogen-bond acceptors (Lipinski definition) is 2. The van der Waals surface area contributed by atoms with Crippen LogP contribution in [0.4, 0.5) is 5.69 Å². The SMILES string of the molecule is CNCCc1cc(Cl)ccc1N1CCCCC1. The highest BCUT2D eigenvalue weighted by Crippen LogP contribution is 2.27. The van der Waals surface area contributed by atoms with Crippen molar-refractivity contribution in [1.82, 2.24) is 5.32 Å². The van der Waals surface area contributed by atoms with Crippen LogP contribution in [0.3, 0.4) is 0 Å². The second-order valence-corrected chi connectivity index (χ2v) is 5.11. The predicted octanol–water partition coefficient (Wildman–Crippen LogP) is 3.09. The third-order valence-corrected chi connectivity index (χ3v) is 3.62. The Morgan fingerprint density at radius 2 is 2.00 bits per heavy atom. The van der Waals surface area contributed by atoms with E-state index < -0.39 is 0 Å². The van der Waals surface area contributed by atoms with E-state index in [2.05, 4.69) is 22.3 Å². The third-order valence-electron chi connectivity index (χ3n) is 3.38. The summed E-state index contributed by atoms with van der Waals surface area (Å²) in [5.74, 6) is 0. The minimum atomic E-state index is 0.844. The zero-order valence-corrected chi connectivity index (χ0v) is 11.3. The number of anilines is 1. The summed E-state index contributed by atoms with van der Waals surface area (Å²) in [5.41, 5.74) is 2.75. The Morgan fingerprint density at radius 3 is 2.71 bits per heavy atom. The molecule has 0 saturated carbocycles. The number of likely N-dealkylation sites (N-methyl/N-ethyl adjacent to an activating group) is 1. The fourth-order valence-corrected chi connectivity index (χ4v) is 2.65. The van der Waals surface area contributed by atoms with E-state index in [-0.39, 0.29) is 0 Å². The Kier molecular flexibility index (Phi) is 4.69. The van der Waals surface area contributed by atoms with Crippen molar-refractivity contribution in [3.8, 4) is 0 Å². The van der Waals surface area contributed by atoms with Crippen LogP contribution in [0, 0.1) is 0 Å². The van der Waals surface area contributed by atoms with Crippen molar-refractivity contribution in [2.45, 2.75) is 25.7 Å². The number of rotatable bonds is 4. The number of piperidine rings is 1. The number of nitrogens with one attached hydrogen (secondary N) is 1. The van der Waals surface area contributed by atoms with Gasteiger partial charge in [0.25, 0.3) is 0 Å². The molecule has 2 nitrogen and oxygen atoms in total. The molecule has 0 unspecified atom stereocenters. The van der Waals surface area contributed by atoms with Gasteiger partial charge in [0.05, 0.1) is 0 Å². The highest BCUT2D eigenvalue weighted by atomic mass is 35.5. The van der Waals surface area contributed by atoms with Crippen molar-refractivity contribution in [3.05, 3.63) is 28.8 Å². The van der Waals surface area contributed by atoms with Crippen LogP contribution < -0.4 is 10.2 Å². The van der Waals surface area contributed by atoms with E-state index in [1.54, 1.807) is 0 Å². The first-order chi connectivity index (χ1) is 8.31. The molecule has 1 heterocycles. The minimum Gasteiger partial charge on any atom is -0.371 e. The topological polar surface area (TPSA) is 15.3 Å². The molecule has 2 rings (SSSR count). The molecule has 1 fully saturated rings. The van der Waals surface area contributed by atoms with Gasteiger partial charge in [0, 0.05) is 23.8 Å². The van der Waals surface area contributed by atoms with Crippen molar-refractivity contribution >= 4 is 17.3 Å². The summed E-state index contributed by atoms with van der Waals surface area (Å²) in [6.07, 6.45) is 5.04. The van der Waals surface area contributed by atoms with Gasteiger partial charge in [-0.05, 0) is 63.0 Å². The molecule has 0 radical (unpaired) electrons. The minimum absolute atomic E-state index is 0.844. The molecule has 1 aromatic rings. The molecule has 1 aliphatic rings.